The van der Waals surface area contributed by atoms with Gasteiger partial charge in [-0.25, -0.2) is 0 Å². The Morgan fingerprint density at radius 1 is 1.06 bits per heavy atom. The maximum atomic E-state index is 5.78. The third-order valence-electron chi connectivity index (χ3n) is 2.38. The molecular weight excluding hydrogens is 240 g/mol. The molecule has 17 heavy (non-hydrogen) atoms. The first kappa shape index (κ1) is 14.1. The van der Waals surface area contributed by atoms with Crippen molar-refractivity contribution < 1.29 is 14.2 Å². The first-order chi connectivity index (χ1) is 8.31. The Morgan fingerprint density at radius 2 is 1.82 bits per heavy atom. The smallest absolute Gasteiger partial charge is 0.161 e. The van der Waals surface area contributed by atoms with E-state index in [2.05, 4.69) is 0 Å². The summed E-state index contributed by atoms with van der Waals surface area (Å²) in [6, 6.07) is 5.73. The number of hydrogen-bond acceptors (Lipinski definition) is 3. The van der Waals surface area contributed by atoms with Crippen LogP contribution in [0.5, 0.6) is 11.5 Å². The fraction of sp³-hybridized carbons (Fsp3) is 0.538. The van der Waals surface area contributed by atoms with Crippen molar-refractivity contribution in [2.24, 2.45) is 0 Å². The topological polar surface area (TPSA) is 27.7 Å². The molecule has 0 heterocycles. The van der Waals surface area contributed by atoms with Crippen molar-refractivity contribution in [3.63, 3.8) is 0 Å². The lowest BCUT2D eigenvalue weighted by molar-refractivity contribution is 0.183. The minimum Gasteiger partial charge on any atom is -0.493 e. The molecule has 0 atom stereocenters. The Labute approximate surface area is 108 Å². The zero-order chi connectivity index (χ0) is 12.5. The van der Waals surface area contributed by atoms with E-state index in [1.807, 2.05) is 18.2 Å². The predicted molar refractivity (Wildman–Crippen MR) is 69.2 cm³/mol. The standard InChI is InChI=1S/C13H19ClO3/c1-15-7-3-4-8-17-13-9-11(10-14)5-6-12(13)16-2/h5-6,9H,3-4,7-8,10H2,1-2H3. The van der Waals surface area contributed by atoms with Gasteiger partial charge in [0.05, 0.1) is 13.7 Å². The highest BCUT2D eigenvalue weighted by Crippen LogP contribution is 2.28. The molecule has 1 aromatic rings. The van der Waals surface area contributed by atoms with Gasteiger partial charge in [-0.15, -0.1) is 11.6 Å². The normalized spacial score (nSPS) is 10.3. The Kier molecular flexibility index (Phi) is 6.82. The molecule has 96 valence electrons. The van der Waals surface area contributed by atoms with Crippen LogP contribution in [0.4, 0.5) is 0 Å². The molecule has 0 spiro atoms. The minimum absolute atomic E-state index is 0.476. The molecular formula is C13H19ClO3. The average molecular weight is 259 g/mol. The lowest BCUT2D eigenvalue weighted by atomic mass is 10.2. The Balaban J connectivity index is 2.49. The highest BCUT2D eigenvalue weighted by molar-refractivity contribution is 6.17. The predicted octanol–water partition coefficient (Wildman–Crippen LogP) is 3.24. The van der Waals surface area contributed by atoms with Crippen molar-refractivity contribution in [2.75, 3.05) is 27.4 Å². The number of alkyl halides is 1. The van der Waals surface area contributed by atoms with Crippen LogP contribution in [-0.4, -0.2) is 27.4 Å². The summed E-state index contributed by atoms with van der Waals surface area (Å²) in [5.74, 6) is 1.97. The number of unbranched alkanes of at least 4 members (excludes halogenated alkanes) is 1. The highest BCUT2D eigenvalue weighted by atomic mass is 35.5. The van der Waals surface area contributed by atoms with Crippen molar-refractivity contribution in [3.05, 3.63) is 23.8 Å². The van der Waals surface area contributed by atoms with Gasteiger partial charge in [0.15, 0.2) is 11.5 Å². The lowest BCUT2D eigenvalue weighted by Crippen LogP contribution is -2.01. The van der Waals surface area contributed by atoms with Crippen molar-refractivity contribution in [1.82, 2.24) is 0 Å². The van der Waals surface area contributed by atoms with E-state index in [4.69, 9.17) is 25.8 Å². The van der Waals surface area contributed by atoms with E-state index in [1.54, 1.807) is 14.2 Å². The van der Waals surface area contributed by atoms with Crippen molar-refractivity contribution in [1.29, 1.82) is 0 Å². The van der Waals surface area contributed by atoms with Gasteiger partial charge in [-0.2, -0.15) is 0 Å². The van der Waals surface area contributed by atoms with Crippen molar-refractivity contribution in [2.45, 2.75) is 18.7 Å². The molecule has 4 heteroatoms. The second kappa shape index (κ2) is 8.20. The second-order valence-corrected chi connectivity index (χ2v) is 3.93. The molecule has 0 bridgehead atoms. The Bertz CT molecular complexity index is 328. The number of methoxy groups -OCH3 is 2. The number of halogens is 1. The molecule has 0 aliphatic rings. The van der Waals surface area contributed by atoms with Gasteiger partial charge in [-0.1, -0.05) is 6.07 Å². The maximum absolute atomic E-state index is 5.78. The van der Waals surface area contributed by atoms with Gasteiger partial charge >= 0.3 is 0 Å². The van der Waals surface area contributed by atoms with E-state index >= 15 is 0 Å². The van der Waals surface area contributed by atoms with E-state index in [0.717, 1.165) is 36.5 Å². The van der Waals surface area contributed by atoms with Crippen LogP contribution in [0.25, 0.3) is 0 Å². The molecule has 0 radical (unpaired) electrons. The summed E-state index contributed by atoms with van der Waals surface area (Å²) in [4.78, 5) is 0. The number of hydrogen-bond donors (Lipinski definition) is 0. The summed E-state index contributed by atoms with van der Waals surface area (Å²) >= 11 is 5.78. The van der Waals surface area contributed by atoms with E-state index in [1.165, 1.54) is 0 Å². The minimum atomic E-state index is 0.476. The van der Waals surface area contributed by atoms with Gasteiger partial charge in [0.2, 0.25) is 0 Å². The van der Waals surface area contributed by atoms with E-state index in [9.17, 15) is 0 Å². The van der Waals surface area contributed by atoms with Gasteiger partial charge in [-0.05, 0) is 30.5 Å². The summed E-state index contributed by atoms with van der Waals surface area (Å²) < 4.78 is 15.9. The summed E-state index contributed by atoms with van der Waals surface area (Å²) in [7, 11) is 3.33. The maximum Gasteiger partial charge on any atom is 0.161 e. The van der Waals surface area contributed by atoms with Gasteiger partial charge in [0.25, 0.3) is 0 Å². The fourth-order valence-electron chi connectivity index (χ4n) is 1.45. The monoisotopic (exact) mass is 258 g/mol. The molecule has 0 N–H and O–H groups in total. The third kappa shape index (κ3) is 4.84. The van der Waals surface area contributed by atoms with E-state index in [0.29, 0.717) is 12.5 Å². The van der Waals surface area contributed by atoms with E-state index < -0.39 is 0 Å². The van der Waals surface area contributed by atoms with Gasteiger partial charge in [0.1, 0.15) is 0 Å². The van der Waals surface area contributed by atoms with Crippen molar-refractivity contribution >= 4 is 11.6 Å². The van der Waals surface area contributed by atoms with Crippen LogP contribution in [0.15, 0.2) is 18.2 Å². The molecule has 0 aliphatic carbocycles. The van der Waals surface area contributed by atoms with Crippen molar-refractivity contribution in [3.8, 4) is 11.5 Å². The molecule has 0 aromatic heterocycles. The summed E-state index contributed by atoms with van der Waals surface area (Å²) in [5, 5.41) is 0. The van der Waals surface area contributed by atoms with E-state index in [-0.39, 0.29) is 0 Å². The highest BCUT2D eigenvalue weighted by Gasteiger charge is 2.05. The Morgan fingerprint density at radius 3 is 2.47 bits per heavy atom. The van der Waals surface area contributed by atoms with Crippen LogP contribution in [0.2, 0.25) is 0 Å². The van der Waals surface area contributed by atoms with Gasteiger partial charge in [-0.3, -0.25) is 0 Å². The number of rotatable bonds is 8. The molecule has 1 rings (SSSR count). The first-order valence-electron chi connectivity index (χ1n) is 5.66. The molecule has 0 amide bonds. The Hall–Kier alpha value is -0.930. The molecule has 0 unspecified atom stereocenters. The average Bonchev–Trinajstić information content (AvgIpc) is 2.38. The number of benzene rings is 1. The lowest BCUT2D eigenvalue weighted by Gasteiger charge is -2.11. The van der Waals surface area contributed by atoms with Crippen LogP contribution < -0.4 is 9.47 Å². The van der Waals surface area contributed by atoms with Gasteiger partial charge < -0.3 is 14.2 Å². The van der Waals surface area contributed by atoms with Crippen LogP contribution in [0.3, 0.4) is 0 Å². The summed E-state index contributed by atoms with van der Waals surface area (Å²) in [6.07, 6.45) is 1.95. The molecule has 0 saturated carbocycles. The zero-order valence-corrected chi connectivity index (χ0v) is 11.1. The van der Waals surface area contributed by atoms with Crippen LogP contribution >= 0.6 is 11.6 Å². The van der Waals surface area contributed by atoms with Crippen LogP contribution in [0.1, 0.15) is 18.4 Å². The molecule has 0 aliphatic heterocycles. The molecule has 0 fully saturated rings. The second-order valence-electron chi connectivity index (χ2n) is 3.67. The SMILES string of the molecule is COCCCCOc1cc(CCl)ccc1OC. The molecule has 1 aromatic carbocycles. The zero-order valence-electron chi connectivity index (χ0n) is 10.4. The summed E-state index contributed by atoms with van der Waals surface area (Å²) in [5.41, 5.74) is 1.03. The summed E-state index contributed by atoms with van der Waals surface area (Å²) in [6.45, 7) is 1.42. The largest absolute Gasteiger partial charge is 0.493 e. The molecule has 0 saturated heterocycles. The first-order valence-corrected chi connectivity index (χ1v) is 6.20. The molecule has 3 nitrogen and oxygen atoms in total. The van der Waals surface area contributed by atoms with Crippen LogP contribution in [-0.2, 0) is 10.6 Å². The van der Waals surface area contributed by atoms with Gasteiger partial charge in [0, 0.05) is 19.6 Å². The number of ether oxygens (including phenoxy) is 3. The van der Waals surface area contributed by atoms with Crippen LogP contribution in [0, 0.1) is 0 Å². The quantitative estimate of drug-likeness (QED) is 0.529. The fourth-order valence-corrected chi connectivity index (χ4v) is 1.61. The third-order valence-corrected chi connectivity index (χ3v) is 2.69.